The van der Waals surface area contributed by atoms with E-state index in [2.05, 4.69) is 67.4 Å². The van der Waals surface area contributed by atoms with E-state index >= 15 is 0 Å². The first-order chi connectivity index (χ1) is 13.1. The number of anilines is 1. The Morgan fingerprint density at radius 1 is 0.778 bits per heavy atom. The third-order valence-corrected chi connectivity index (χ3v) is 4.98. The highest BCUT2D eigenvalue weighted by Crippen LogP contribution is 2.32. The summed E-state index contributed by atoms with van der Waals surface area (Å²) in [4.78, 5) is 9.15. The van der Waals surface area contributed by atoms with E-state index in [9.17, 15) is 0 Å². The quantitative estimate of drug-likeness (QED) is 0.645. The Morgan fingerprint density at radius 3 is 2.11 bits per heavy atom. The second-order valence-corrected chi connectivity index (χ2v) is 7.17. The molecule has 2 heterocycles. The third-order valence-electron chi connectivity index (χ3n) is 4.98. The fourth-order valence-corrected chi connectivity index (χ4v) is 3.27. The number of hydrogen-bond acceptors (Lipinski definition) is 3. The van der Waals surface area contributed by atoms with Gasteiger partial charge in [0.2, 0.25) is 0 Å². The van der Waals surface area contributed by atoms with Gasteiger partial charge in [-0.1, -0.05) is 47.6 Å². The standard InChI is InChI=1S/C24H23N3/c1-16-3-7-18(8-4-16)21-13-22(19-9-5-17(2)6-10-19)27-23(14-21)20-11-12-24(25)26-15-20/h3,5-7,9-15H,4,8H2,1-2H3,(H2,25,26). The molecule has 1 aliphatic rings. The van der Waals surface area contributed by atoms with Crippen LogP contribution in [0.4, 0.5) is 5.82 Å². The fourth-order valence-electron chi connectivity index (χ4n) is 3.27. The molecule has 0 fully saturated rings. The molecule has 2 aromatic heterocycles. The number of nitrogen functional groups attached to an aromatic ring is 1. The predicted octanol–water partition coefficient (Wildman–Crippen LogP) is 5.82. The number of nitrogens with zero attached hydrogens (tertiary/aromatic N) is 2. The molecule has 0 spiro atoms. The lowest BCUT2D eigenvalue weighted by Gasteiger charge is -2.15. The first kappa shape index (κ1) is 17.2. The van der Waals surface area contributed by atoms with Gasteiger partial charge >= 0.3 is 0 Å². The zero-order valence-corrected chi connectivity index (χ0v) is 15.7. The number of pyridine rings is 2. The second kappa shape index (κ2) is 7.20. The number of nitrogens with two attached hydrogens (primary N) is 1. The summed E-state index contributed by atoms with van der Waals surface area (Å²) in [7, 11) is 0. The van der Waals surface area contributed by atoms with Crippen molar-refractivity contribution < 1.29 is 0 Å². The van der Waals surface area contributed by atoms with Gasteiger partial charge in [0.1, 0.15) is 5.82 Å². The van der Waals surface area contributed by atoms with Gasteiger partial charge in [-0.3, -0.25) is 0 Å². The summed E-state index contributed by atoms with van der Waals surface area (Å²) in [6.07, 6.45) is 8.40. The number of benzene rings is 1. The van der Waals surface area contributed by atoms with Gasteiger partial charge in [0, 0.05) is 17.3 Å². The predicted molar refractivity (Wildman–Crippen MR) is 113 cm³/mol. The minimum Gasteiger partial charge on any atom is -0.384 e. The van der Waals surface area contributed by atoms with Crippen molar-refractivity contribution in [3.8, 4) is 22.5 Å². The summed E-state index contributed by atoms with van der Waals surface area (Å²) >= 11 is 0. The van der Waals surface area contributed by atoms with Crippen molar-refractivity contribution in [3.05, 3.63) is 83.6 Å². The topological polar surface area (TPSA) is 51.8 Å². The van der Waals surface area contributed by atoms with Crippen molar-refractivity contribution in [2.24, 2.45) is 0 Å². The van der Waals surface area contributed by atoms with Gasteiger partial charge in [0.25, 0.3) is 0 Å². The Kier molecular flexibility index (Phi) is 4.59. The van der Waals surface area contributed by atoms with Crippen LogP contribution in [0.2, 0.25) is 0 Å². The summed E-state index contributed by atoms with van der Waals surface area (Å²) < 4.78 is 0. The van der Waals surface area contributed by atoms with Gasteiger partial charge in [-0.2, -0.15) is 0 Å². The molecule has 4 rings (SSSR count). The number of hydrogen-bond donors (Lipinski definition) is 1. The molecule has 27 heavy (non-hydrogen) atoms. The van der Waals surface area contributed by atoms with E-state index in [4.69, 9.17) is 10.7 Å². The normalized spacial score (nSPS) is 13.9. The van der Waals surface area contributed by atoms with Crippen LogP contribution < -0.4 is 5.73 Å². The Bertz CT molecular complexity index is 962. The lowest BCUT2D eigenvalue weighted by atomic mass is 9.92. The van der Waals surface area contributed by atoms with Crippen LogP contribution in [0.25, 0.3) is 28.1 Å². The summed E-state index contributed by atoms with van der Waals surface area (Å²) in [6.45, 7) is 4.28. The van der Waals surface area contributed by atoms with E-state index in [1.807, 2.05) is 12.1 Å². The zero-order valence-electron chi connectivity index (χ0n) is 15.7. The zero-order chi connectivity index (χ0) is 18.8. The monoisotopic (exact) mass is 353 g/mol. The van der Waals surface area contributed by atoms with E-state index in [0.29, 0.717) is 5.82 Å². The molecular formula is C24H23N3. The SMILES string of the molecule is CC1=CC=C(c2cc(-c3ccc(C)cc3)nc(-c3ccc(N)nc3)c2)CC1. The van der Waals surface area contributed by atoms with Gasteiger partial charge in [-0.15, -0.1) is 0 Å². The highest BCUT2D eigenvalue weighted by atomic mass is 14.8. The Morgan fingerprint density at radius 2 is 1.48 bits per heavy atom. The maximum absolute atomic E-state index is 5.75. The van der Waals surface area contributed by atoms with Gasteiger partial charge < -0.3 is 5.73 Å². The molecule has 134 valence electrons. The van der Waals surface area contributed by atoms with Crippen molar-refractivity contribution >= 4 is 11.4 Å². The molecule has 2 N–H and O–H groups in total. The Balaban J connectivity index is 1.85. The van der Waals surface area contributed by atoms with Gasteiger partial charge in [0.15, 0.2) is 0 Å². The fraction of sp³-hybridized carbons (Fsp3) is 0.167. The summed E-state index contributed by atoms with van der Waals surface area (Å²) in [5.74, 6) is 0.518. The average molecular weight is 353 g/mol. The second-order valence-electron chi connectivity index (χ2n) is 7.17. The summed E-state index contributed by atoms with van der Waals surface area (Å²) in [6, 6.07) is 16.7. The van der Waals surface area contributed by atoms with Crippen LogP contribution in [0.15, 0.2) is 72.5 Å². The number of aryl methyl sites for hydroxylation is 1. The molecule has 3 heteroatoms. The van der Waals surface area contributed by atoms with E-state index in [-0.39, 0.29) is 0 Å². The van der Waals surface area contributed by atoms with Crippen molar-refractivity contribution in [2.75, 3.05) is 5.73 Å². The highest BCUT2D eigenvalue weighted by Gasteiger charge is 2.12. The average Bonchev–Trinajstić information content (AvgIpc) is 2.69. The molecule has 0 radical (unpaired) electrons. The lowest BCUT2D eigenvalue weighted by molar-refractivity contribution is 0.976. The Hall–Kier alpha value is -3.20. The molecule has 0 unspecified atom stereocenters. The van der Waals surface area contributed by atoms with Crippen LogP contribution in [-0.2, 0) is 0 Å². The van der Waals surface area contributed by atoms with Crippen molar-refractivity contribution in [3.63, 3.8) is 0 Å². The smallest absolute Gasteiger partial charge is 0.123 e. The van der Waals surface area contributed by atoms with E-state index in [1.165, 1.54) is 22.3 Å². The van der Waals surface area contributed by atoms with Crippen molar-refractivity contribution in [2.45, 2.75) is 26.7 Å². The molecule has 0 amide bonds. The molecule has 1 aromatic carbocycles. The maximum atomic E-state index is 5.75. The van der Waals surface area contributed by atoms with E-state index < -0.39 is 0 Å². The molecular weight excluding hydrogens is 330 g/mol. The number of allylic oxidation sites excluding steroid dienone is 4. The Labute approximate surface area is 160 Å². The highest BCUT2D eigenvalue weighted by molar-refractivity contribution is 5.77. The third kappa shape index (κ3) is 3.82. The molecule has 0 saturated carbocycles. The number of rotatable bonds is 3. The molecule has 0 bridgehead atoms. The molecule has 0 atom stereocenters. The lowest BCUT2D eigenvalue weighted by Crippen LogP contribution is -1.97. The van der Waals surface area contributed by atoms with E-state index in [0.717, 1.165) is 35.4 Å². The maximum Gasteiger partial charge on any atom is 0.123 e. The minimum atomic E-state index is 0.518. The van der Waals surface area contributed by atoms with Crippen LogP contribution in [0.5, 0.6) is 0 Å². The van der Waals surface area contributed by atoms with Gasteiger partial charge in [-0.05, 0) is 62.1 Å². The molecule has 0 aliphatic heterocycles. The van der Waals surface area contributed by atoms with Gasteiger partial charge in [-0.25, -0.2) is 9.97 Å². The molecule has 3 nitrogen and oxygen atoms in total. The molecule has 1 aliphatic carbocycles. The minimum absolute atomic E-state index is 0.518. The van der Waals surface area contributed by atoms with Crippen LogP contribution in [0, 0.1) is 6.92 Å². The first-order valence-electron chi connectivity index (χ1n) is 9.26. The van der Waals surface area contributed by atoms with Crippen molar-refractivity contribution in [1.82, 2.24) is 9.97 Å². The first-order valence-corrected chi connectivity index (χ1v) is 9.26. The summed E-state index contributed by atoms with van der Waals surface area (Å²) in [5, 5.41) is 0. The van der Waals surface area contributed by atoms with Crippen LogP contribution >= 0.6 is 0 Å². The van der Waals surface area contributed by atoms with Gasteiger partial charge in [0.05, 0.1) is 11.4 Å². The van der Waals surface area contributed by atoms with Crippen LogP contribution in [0.3, 0.4) is 0 Å². The summed E-state index contributed by atoms with van der Waals surface area (Å²) in [5.41, 5.74) is 15.0. The van der Waals surface area contributed by atoms with Crippen LogP contribution in [0.1, 0.15) is 30.9 Å². The number of aromatic nitrogens is 2. The molecule has 0 saturated heterocycles. The largest absolute Gasteiger partial charge is 0.384 e. The van der Waals surface area contributed by atoms with Crippen molar-refractivity contribution in [1.29, 1.82) is 0 Å². The molecule has 3 aromatic rings. The van der Waals surface area contributed by atoms with Crippen LogP contribution in [-0.4, -0.2) is 9.97 Å². The van der Waals surface area contributed by atoms with E-state index in [1.54, 1.807) is 6.20 Å².